The van der Waals surface area contributed by atoms with E-state index in [4.69, 9.17) is 0 Å². The number of rotatable bonds is 11. The van der Waals surface area contributed by atoms with E-state index in [2.05, 4.69) is 126 Å². The van der Waals surface area contributed by atoms with Gasteiger partial charge >= 0.3 is 29.6 Å². The van der Waals surface area contributed by atoms with Crippen LogP contribution in [0.15, 0.2) is 146 Å². The normalized spacial score (nSPS) is 11.1. The average Bonchev–Trinajstić information content (AvgIpc) is 2.99. The molecule has 0 bridgehead atoms. The van der Waals surface area contributed by atoms with Crippen molar-refractivity contribution in [1.82, 2.24) is 4.90 Å². The van der Waals surface area contributed by atoms with Crippen LogP contribution in [0.5, 0.6) is 5.75 Å². The third-order valence-electron chi connectivity index (χ3n) is 6.59. The molecule has 5 aromatic rings. The zero-order chi connectivity index (χ0) is 26.0. The Hall–Kier alpha value is -2.28. The first-order valence-corrected chi connectivity index (χ1v) is 16.1. The van der Waals surface area contributed by atoms with Crippen molar-refractivity contribution in [3.8, 4) is 5.75 Å². The number of benzene rings is 5. The van der Waals surface area contributed by atoms with Crippen LogP contribution in [-0.4, -0.2) is 24.0 Å². The van der Waals surface area contributed by atoms with Crippen LogP contribution in [0.3, 0.4) is 0 Å². The summed E-state index contributed by atoms with van der Waals surface area (Å²) in [5.74, 6) is 0.0685. The van der Waals surface area contributed by atoms with Crippen LogP contribution >= 0.6 is 15.8 Å². The Labute approximate surface area is 257 Å². The first-order valence-electron chi connectivity index (χ1n) is 13.0. The fraction of sp³-hybridized carbons (Fsp3) is 0.118. The van der Waals surface area contributed by atoms with Crippen LogP contribution in [0.2, 0.25) is 0 Å². The van der Waals surface area contributed by atoms with Crippen molar-refractivity contribution < 1.29 is 34.7 Å². The molecule has 2 nitrogen and oxygen atoms in total. The Morgan fingerprint density at radius 1 is 0.462 bits per heavy atom. The molecule has 0 atom stereocenters. The Morgan fingerprint density at radius 3 is 1.13 bits per heavy atom. The maximum atomic E-state index is 11.7. The third kappa shape index (κ3) is 8.60. The second kappa shape index (κ2) is 15.5. The van der Waals surface area contributed by atoms with Crippen LogP contribution in [-0.2, 0) is 6.42 Å². The van der Waals surface area contributed by atoms with Crippen molar-refractivity contribution in [2.75, 3.05) is 19.1 Å². The van der Waals surface area contributed by atoms with Crippen molar-refractivity contribution in [2.45, 2.75) is 6.42 Å². The van der Waals surface area contributed by atoms with Gasteiger partial charge in [0.1, 0.15) is 0 Å². The minimum atomic E-state index is -0.558. The van der Waals surface area contributed by atoms with E-state index in [0.717, 1.165) is 25.5 Å². The van der Waals surface area contributed by atoms with Gasteiger partial charge in [0.05, 0.1) is 0 Å². The summed E-state index contributed by atoms with van der Waals surface area (Å²) in [6, 6.07) is 51.2. The smallest absolute Gasteiger partial charge is 0.872 e. The molecule has 5 aromatic carbocycles. The summed E-state index contributed by atoms with van der Waals surface area (Å²) in [4.78, 5) is 2.67. The molecule has 0 N–H and O–H groups in total. The summed E-state index contributed by atoms with van der Waals surface area (Å²) in [6.07, 6.45) is 2.89. The van der Waals surface area contributed by atoms with Crippen LogP contribution in [0, 0.1) is 0 Å². The van der Waals surface area contributed by atoms with E-state index in [1.54, 1.807) is 12.1 Å². The van der Waals surface area contributed by atoms with Crippen LogP contribution in [0.4, 0.5) is 0 Å². The summed E-state index contributed by atoms with van der Waals surface area (Å²) in [7, 11) is -1.12. The van der Waals surface area contributed by atoms with Gasteiger partial charge in [-0.15, -0.1) is 5.75 Å². The molecule has 0 spiro atoms. The minimum absolute atomic E-state index is 0. The molecule has 0 aliphatic rings. The van der Waals surface area contributed by atoms with E-state index in [1.807, 2.05) is 12.1 Å². The Balaban J connectivity index is 0.00000353. The van der Waals surface area contributed by atoms with Crippen molar-refractivity contribution in [3.63, 3.8) is 0 Å². The zero-order valence-corrected chi connectivity index (χ0v) is 26.2. The summed E-state index contributed by atoms with van der Waals surface area (Å²) >= 11 is 0. The van der Waals surface area contributed by atoms with E-state index >= 15 is 0 Å². The van der Waals surface area contributed by atoms with Crippen LogP contribution in [0.1, 0.15) is 5.56 Å². The molecule has 0 unspecified atom stereocenters. The molecule has 190 valence electrons. The molecule has 0 radical (unpaired) electrons. The molecule has 0 saturated carbocycles. The van der Waals surface area contributed by atoms with E-state index in [-0.39, 0.29) is 35.3 Å². The fourth-order valence-electron chi connectivity index (χ4n) is 4.59. The van der Waals surface area contributed by atoms with Crippen LogP contribution < -0.4 is 55.9 Å². The number of hydrogen-bond donors (Lipinski definition) is 0. The second-order valence-electron chi connectivity index (χ2n) is 9.27. The Bertz CT molecular complexity index is 1210. The predicted octanol–water partition coefficient (Wildman–Crippen LogP) is 2.79. The Kier molecular flexibility index (Phi) is 11.8. The van der Waals surface area contributed by atoms with E-state index in [1.165, 1.54) is 26.8 Å². The monoisotopic (exact) mass is 555 g/mol. The quantitative estimate of drug-likeness (QED) is 0.185. The minimum Gasteiger partial charge on any atom is -0.872 e. The van der Waals surface area contributed by atoms with Crippen molar-refractivity contribution in [2.24, 2.45) is 0 Å². The van der Waals surface area contributed by atoms with Gasteiger partial charge in [0.15, 0.2) is 0 Å². The Morgan fingerprint density at radius 2 is 0.795 bits per heavy atom. The van der Waals surface area contributed by atoms with Gasteiger partial charge in [0.2, 0.25) is 0 Å². The van der Waals surface area contributed by atoms with Gasteiger partial charge in [-0.1, -0.05) is 146 Å². The fourth-order valence-corrected chi connectivity index (χ4v) is 9.40. The van der Waals surface area contributed by atoms with Gasteiger partial charge in [-0.3, -0.25) is 4.90 Å². The zero-order valence-electron chi connectivity index (χ0n) is 22.4. The van der Waals surface area contributed by atoms with Crippen molar-refractivity contribution in [1.29, 1.82) is 0 Å². The molecular formula is C34H32NNaOP2. The van der Waals surface area contributed by atoms with Gasteiger partial charge in [0, 0.05) is 19.1 Å². The molecule has 0 saturated heterocycles. The summed E-state index contributed by atoms with van der Waals surface area (Å²) < 4.78 is 0. The first kappa shape index (κ1) is 29.7. The van der Waals surface area contributed by atoms with Gasteiger partial charge in [-0.05, 0) is 49.0 Å². The predicted molar refractivity (Wildman–Crippen MR) is 164 cm³/mol. The molecule has 0 amide bonds. The van der Waals surface area contributed by atoms with Crippen molar-refractivity contribution in [3.05, 3.63) is 151 Å². The van der Waals surface area contributed by atoms with Gasteiger partial charge < -0.3 is 5.11 Å². The van der Waals surface area contributed by atoms with Gasteiger partial charge in [-0.2, -0.15) is 0 Å². The maximum Gasteiger partial charge on any atom is 1.00 e. The standard InChI is InChI=1S/C34H33NOP2.Na/c36-30-23-21-29(22-24-30)25-26-35(27-37(31-13-5-1-6-14-31)32-15-7-2-8-16-32)28-38(33-17-9-3-10-18-33)34-19-11-4-12-20-34;/h1-24,36H,25-28H2;/q;+1/p-1. The molecule has 39 heavy (non-hydrogen) atoms. The molecule has 0 aliphatic carbocycles. The summed E-state index contributed by atoms with van der Waals surface area (Å²) in [5.41, 5.74) is 1.21. The summed E-state index contributed by atoms with van der Waals surface area (Å²) in [5, 5.41) is 17.3. The van der Waals surface area contributed by atoms with Crippen LogP contribution in [0.25, 0.3) is 0 Å². The topological polar surface area (TPSA) is 26.3 Å². The van der Waals surface area contributed by atoms with Gasteiger partial charge in [-0.25, -0.2) is 0 Å². The average molecular weight is 556 g/mol. The first-order chi connectivity index (χ1) is 18.8. The SMILES string of the molecule is [Na+].[O-]c1ccc(CCN(CP(c2ccccc2)c2ccccc2)CP(c2ccccc2)c2ccccc2)cc1. The molecule has 0 fully saturated rings. The third-order valence-corrected chi connectivity index (χ3v) is 11.6. The molecule has 5 rings (SSSR count). The molecule has 0 heterocycles. The van der Waals surface area contributed by atoms with Crippen molar-refractivity contribution >= 4 is 37.1 Å². The number of hydrogen-bond acceptors (Lipinski definition) is 2. The van der Waals surface area contributed by atoms with E-state index in [9.17, 15) is 5.11 Å². The summed E-state index contributed by atoms with van der Waals surface area (Å²) in [6.45, 7) is 0.940. The second-order valence-corrected chi connectivity index (χ2v) is 13.6. The maximum absolute atomic E-state index is 11.7. The molecule has 5 heteroatoms. The largest absolute Gasteiger partial charge is 1.00 e. The van der Waals surface area contributed by atoms with Gasteiger partial charge in [0.25, 0.3) is 0 Å². The molecule has 0 aromatic heterocycles. The number of nitrogens with zero attached hydrogens (tertiary/aromatic N) is 1. The van der Waals surface area contributed by atoms with E-state index < -0.39 is 15.8 Å². The molecule has 0 aliphatic heterocycles. The van der Waals surface area contributed by atoms with E-state index in [0.29, 0.717) is 0 Å². The molecular weight excluding hydrogens is 523 g/mol.